The minimum atomic E-state index is -0.965. The lowest BCUT2D eigenvalue weighted by Gasteiger charge is -2.25. The lowest BCUT2D eigenvalue weighted by Crippen LogP contribution is -2.20. The van der Waals surface area contributed by atoms with Crippen molar-refractivity contribution >= 4 is 12.2 Å². The number of rotatable bonds is 9. The van der Waals surface area contributed by atoms with Gasteiger partial charge in [0, 0.05) is 24.5 Å². The number of hydrogen-bond acceptors (Lipinski definition) is 5. The smallest absolute Gasteiger partial charge is 0.341 e. The number of ether oxygens (including phenoxy) is 1. The normalized spacial score (nSPS) is 18.4. The van der Waals surface area contributed by atoms with E-state index in [9.17, 15) is 4.79 Å². The maximum absolute atomic E-state index is 10.9. The van der Waals surface area contributed by atoms with E-state index in [2.05, 4.69) is 40.8 Å². The number of aliphatic carboxylic acids is 1. The number of hydrogen-bond donors (Lipinski definition) is 2. The Morgan fingerprint density at radius 3 is 2.91 bits per heavy atom. The summed E-state index contributed by atoms with van der Waals surface area (Å²) in [4.78, 5) is 21.3. The molecule has 0 saturated heterocycles. The SMILES string of the molecule is CC(=CC1CCc2c(cccc2OCC(=O)O)C1)NOC(C1=CCC=NC=C1)c1ccccc1. The molecule has 2 atom stereocenters. The summed E-state index contributed by atoms with van der Waals surface area (Å²) in [5.74, 6) is 0.0752. The van der Waals surface area contributed by atoms with Gasteiger partial charge in [0.2, 0.25) is 0 Å². The Bertz CT molecular complexity index is 1120. The van der Waals surface area contributed by atoms with Crippen LogP contribution in [0, 0.1) is 5.92 Å². The van der Waals surface area contributed by atoms with Gasteiger partial charge in [0.05, 0.1) is 0 Å². The Hall–Kier alpha value is -3.64. The van der Waals surface area contributed by atoms with Crippen LogP contribution in [0.15, 0.2) is 89.2 Å². The van der Waals surface area contributed by atoms with Crippen LogP contribution in [0.25, 0.3) is 0 Å². The van der Waals surface area contributed by atoms with Crippen LogP contribution in [0.5, 0.6) is 5.75 Å². The van der Waals surface area contributed by atoms with Gasteiger partial charge < -0.3 is 9.84 Å². The van der Waals surface area contributed by atoms with Crippen molar-refractivity contribution < 1.29 is 19.5 Å². The third-order valence-corrected chi connectivity index (χ3v) is 5.97. The molecule has 1 aliphatic heterocycles. The molecule has 0 radical (unpaired) electrons. The molecule has 176 valence electrons. The zero-order valence-electron chi connectivity index (χ0n) is 19.3. The van der Waals surface area contributed by atoms with Gasteiger partial charge in [0.25, 0.3) is 0 Å². The zero-order valence-corrected chi connectivity index (χ0v) is 19.3. The van der Waals surface area contributed by atoms with Gasteiger partial charge in [-0.3, -0.25) is 15.3 Å². The third kappa shape index (κ3) is 6.23. The van der Waals surface area contributed by atoms with E-state index in [1.54, 1.807) is 6.20 Å². The number of hydroxylamine groups is 1. The molecule has 34 heavy (non-hydrogen) atoms. The van der Waals surface area contributed by atoms with Crippen LogP contribution < -0.4 is 10.2 Å². The van der Waals surface area contributed by atoms with Crippen molar-refractivity contribution in [2.45, 2.75) is 38.7 Å². The van der Waals surface area contributed by atoms with E-state index in [1.165, 1.54) is 5.56 Å². The monoisotopic (exact) mass is 458 g/mol. The van der Waals surface area contributed by atoms with Crippen molar-refractivity contribution in [2.75, 3.05) is 6.61 Å². The molecule has 6 nitrogen and oxygen atoms in total. The minimum absolute atomic E-state index is 0.247. The Morgan fingerprint density at radius 2 is 2.09 bits per heavy atom. The van der Waals surface area contributed by atoms with Crippen LogP contribution in [0.3, 0.4) is 0 Å². The highest BCUT2D eigenvalue weighted by Gasteiger charge is 2.21. The van der Waals surface area contributed by atoms with Crippen LogP contribution in [-0.4, -0.2) is 23.9 Å². The fraction of sp³-hybridized carbons (Fsp3) is 0.286. The summed E-state index contributed by atoms with van der Waals surface area (Å²) in [7, 11) is 0. The van der Waals surface area contributed by atoms with Gasteiger partial charge in [-0.05, 0) is 66.5 Å². The summed E-state index contributed by atoms with van der Waals surface area (Å²) in [6, 6.07) is 16.0. The molecule has 1 heterocycles. The van der Waals surface area contributed by atoms with Crippen LogP contribution in [0.4, 0.5) is 0 Å². The molecule has 2 aliphatic rings. The summed E-state index contributed by atoms with van der Waals surface area (Å²) >= 11 is 0. The van der Waals surface area contributed by atoms with E-state index in [4.69, 9.17) is 14.7 Å². The highest BCUT2D eigenvalue weighted by Crippen LogP contribution is 2.33. The number of carbonyl (C=O) groups is 1. The molecule has 2 N–H and O–H groups in total. The fourth-order valence-corrected chi connectivity index (χ4v) is 4.42. The third-order valence-electron chi connectivity index (χ3n) is 5.97. The lowest BCUT2D eigenvalue weighted by molar-refractivity contribution is -0.139. The van der Waals surface area contributed by atoms with E-state index in [0.717, 1.165) is 48.1 Å². The summed E-state index contributed by atoms with van der Waals surface area (Å²) in [6.45, 7) is 1.70. The Balaban J connectivity index is 1.42. The van der Waals surface area contributed by atoms with E-state index in [-0.39, 0.29) is 12.7 Å². The van der Waals surface area contributed by atoms with Crippen molar-refractivity contribution in [2.24, 2.45) is 10.9 Å². The number of nitrogens with zero attached hydrogens (tertiary/aromatic N) is 1. The summed E-state index contributed by atoms with van der Waals surface area (Å²) in [5.41, 5.74) is 8.59. The van der Waals surface area contributed by atoms with Crippen molar-refractivity contribution in [3.63, 3.8) is 0 Å². The van der Waals surface area contributed by atoms with E-state index >= 15 is 0 Å². The Labute approximate surface area is 200 Å². The molecule has 0 saturated carbocycles. The zero-order chi connectivity index (χ0) is 23.8. The van der Waals surface area contributed by atoms with Gasteiger partial charge in [0.1, 0.15) is 11.9 Å². The first-order chi connectivity index (χ1) is 16.6. The van der Waals surface area contributed by atoms with Crippen molar-refractivity contribution in [3.05, 3.63) is 101 Å². The molecule has 0 bridgehead atoms. The molecule has 6 heteroatoms. The summed E-state index contributed by atoms with van der Waals surface area (Å²) in [5, 5.41) is 8.91. The largest absolute Gasteiger partial charge is 0.482 e. The van der Waals surface area contributed by atoms with Crippen molar-refractivity contribution in [3.8, 4) is 5.75 Å². The second-order valence-corrected chi connectivity index (χ2v) is 8.53. The number of carboxylic acid groups (broad SMARTS) is 1. The maximum atomic E-state index is 10.9. The first-order valence-corrected chi connectivity index (χ1v) is 11.6. The quantitative estimate of drug-likeness (QED) is 0.496. The molecule has 0 aromatic heterocycles. The maximum Gasteiger partial charge on any atom is 0.341 e. The Kier molecular flexibility index (Phi) is 7.94. The van der Waals surface area contributed by atoms with Gasteiger partial charge in [-0.25, -0.2) is 4.79 Å². The molecular weight excluding hydrogens is 428 g/mol. The topological polar surface area (TPSA) is 80.2 Å². The molecule has 0 amide bonds. The van der Waals surface area contributed by atoms with E-state index in [1.807, 2.05) is 49.5 Å². The molecule has 0 fully saturated rings. The first kappa shape index (κ1) is 23.5. The van der Waals surface area contributed by atoms with Crippen LogP contribution in [0.1, 0.15) is 42.6 Å². The fourth-order valence-electron chi connectivity index (χ4n) is 4.42. The molecule has 4 rings (SSSR count). The average Bonchev–Trinajstić information content (AvgIpc) is 3.13. The predicted molar refractivity (Wildman–Crippen MR) is 133 cm³/mol. The summed E-state index contributed by atoms with van der Waals surface area (Å²) in [6.07, 6.45) is 13.2. The highest BCUT2D eigenvalue weighted by molar-refractivity contribution is 5.68. The van der Waals surface area contributed by atoms with Crippen LogP contribution in [0.2, 0.25) is 0 Å². The average molecular weight is 459 g/mol. The number of allylic oxidation sites excluding steroid dienone is 3. The number of aliphatic imine (C=N–C) groups is 1. The number of benzene rings is 2. The molecule has 2 aromatic carbocycles. The number of carboxylic acids is 1. The number of nitrogens with one attached hydrogen (secondary N) is 1. The summed E-state index contributed by atoms with van der Waals surface area (Å²) < 4.78 is 5.49. The molecule has 0 spiro atoms. The lowest BCUT2D eigenvalue weighted by atomic mass is 9.83. The van der Waals surface area contributed by atoms with Gasteiger partial charge in [-0.1, -0.05) is 54.6 Å². The van der Waals surface area contributed by atoms with Crippen LogP contribution >= 0.6 is 0 Å². The standard InChI is InChI=1S/C28H30N2O4/c1-20(17-21-12-13-25-24(18-21)9-5-11-26(25)33-19-27(31)32)30-34-28(22-7-3-2-4-8-22)23-10-6-15-29-16-14-23/h2-5,7-11,14-17,21,28,30H,6,12-13,18-19H2,1H3,(H,31,32). The second kappa shape index (κ2) is 11.5. The second-order valence-electron chi connectivity index (χ2n) is 8.53. The number of fused-ring (bicyclic) bond motifs is 1. The van der Waals surface area contributed by atoms with Gasteiger partial charge in [-0.15, -0.1) is 0 Å². The van der Waals surface area contributed by atoms with Crippen molar-refractivity contribution in [1.29, 1.82) is 0 Å². The molecular formula is C28H30N2O4. The van der Waals surface area contributed by atoms with Gasteiger partial charge in [-0.2, -0.15) is 0 Å². The Morgan fingerprint density at radius 1 is 1.24 bits per heavy atom. The van der Waals surface area contributed by atoms with Gasteiger partial charge >= 0.3 is 5.97 Å². The molecule has 2 aromatic rings. The van der Waals surface area contributed by atoms with Gasteiger partial charge in [0.15, 0.2) is 6.61 Å². The van der Waals surface area contributed by atoms with E-state index in [0.29, 0.717) is 11.7 Å². The van der Waals surface area contributed by atoms with E-state index < -0.39 is 5.97 Å². The minimum Gasteiger partial charge on any atom is -0.482 e. The van der Waals surface area contributed by atoms with Crippen molar-refractivity contribution in [1.82, 2.24) is 5.48 Å². The highest BCUT2D eigenvalue weighted by atomic mass is 16.7. The van der Waals surface area contributed by atoms with Crippen LogP contribution in [-0.2, 0) is 22.5 Å². The molecule has 2 unspecified atom stereocenters. The predicted octanol–water partition coefficient (Wildman–Crippen LogP) is 5.34. The first-order valence-electron chi connectivity index (χ1n) is 11.6. The molecule has 1 aliphatic carbocycles.